The molecule has 0 fully saturated rings. The highest BCUT2D eigenvalue weighted by Gasteiger charge is 2.36. The van der Waals surface area contributed by atoms with E-state index >= 15 is 0 Å². The van der Waals surface area contributed by atoms with Crippen LogP contribution < -0.4 is 0 Å². The van der Waals surface area contributed by atoms with Crippen molar-refractivity contribution < 1.29 is 13.3 Å². The van der Waals surface area contributed by atoms with Crippen LogP contribution in [-0.2, 0) is 5.41 Å². The first-order chi connectivity index (χ1) is 67.1. The van der Waals surface area contributed by atoms with Crippen molar-refractivity contribution in [2.45, 2.75) is 19.3 Å². The molecule has 136 heavy (non-hydrogen) atoms. The molecule has 0 saturated heterocycles. The normalized spacial score (nSPS) is 12.4. The Hall–Kier alpha value is -17.7. The van der Waals surface area contributed by atoms with Crippen LogP contribution in [0.5, 0.6) is 0 Å². The van der Waals surface area contributed by atoms with Gasteiger partial charge < -0.3 is 13.3 Å². The predicted octanol–water partition coefficient (Wildman–Crippen LogP) is 36.0. The summed E-state index contributed by atoms with van der Waals surface area (Å²) in [5.74, 6) is 1.94. The van der Waals surface area contributed by atoms with Gasteiger partial charge in [0.15, 0.2) is 16.7 Å². The predicted molar refractivity (Wildman–Crippen MR) is 568 cm³/mol. The van der Waals surface area contributed by atoms with Crippen molar-refractivity contribution >= 4 is 141 Å². The van der Waals surface area contributed by atoms with Crippen LogP contribution in [0.1, 0.15) is 25.0 Å². The summed E-state index contributed by atoms with van der Waals surface area (Å²) >= 11 is 0. The number of aromatic nitrogens is 3. The smallest absolute Gasteiger partial charge is 0.227 e. The molecule has 0 spiro atoms. The Bertz CT molecular complexity index is 9590. The minimum absolute atomic E-state index is 0.0225. The molecule has 0 atom stereocenters. The van der Waals surface area contributed by atoms with Crippen molar-refractivity contribution in [1.29, 1.82) is 0 Å². The maximum absolute atomic E-state index is 6.48. The monoisotopic (exact) mass is 1730 g/mol. The number of nitrogens with zero attached hydrogens (tertiary/aromatic N) is 3. The first-order valence-corrected chi connectivity index (χ1v) is 46.6. The zero-order valence-corrected chi connectivity index (χ0v) is 74.4. The highest BCUT2D eigenvalue weighted by molar-refractivity contribution is 6.27. The summed E-state index contributed by atoms with van der Waals surface area (Å²) < 4.78 is 19.4. The Morgan fingerprint density at radius 1 is 0.162 bits per heavy atom. The standard InChI is InChI=1S/C45H27NO.C43H25NO.C42H29NO/c1-2-9-30(10-3-1)45-46-42-24-22-29-19-17-28-18-20-33(26-40(28)43(29)44(42)47-45)31-11-8-12-32(25-31)34-21-23-39-37-15-5-4-13-35(37)36-14-6-7-16-38(36)41(39)27-34;1-2-8-28(9-3-1)43-44-39-23-20-27-18-16-26-17-19-30(25-38(26)40(27)42(39)45-43)29-10-6-11-31(24-29)32-21-22-37-34-13-5-4-12-33(34)36-15-7-14-35(32)41(36)37;1-42(2)36-14-7-6-13-33(36)34-21-19-32(25-37(34)42)30-12-8-11-29(23-30)31-18-16-26-15-17-27-20-22-38-40(39(27)35(26)24-31)44-41(43-38)28-9-4-3-5-10-28/h1-27H;1-25H;3-25H,1-2H3. The zero-order chi connectivity index (χ0) is 89.8. The maximum atomic E-state index is 6.48. The molecule has 634 valence electrons. The molecule has 29 rings (SSSR count). The number of fused-ring (bicyclic) bond motifs is 27. The van der Waals surface area contributed by atoms with E-state index < -0.39 is 0 Å². The molecular formula is C130H81N3O3. The number of benzene rings is 24. The van der Waals surface area contributed by atoms with Gasteiger partial charge in [-0.2, -0.15) is 0 Å². The van der Waals surface area contributed by atoms with Crippen LogP contribution >= 0.6 is 0 Å². The van der Waals surface area contributed by atoms with Crippen LogP contribution in [0, 0.1) is 0 Å². The molecule has 0 N–H and O–H groups in total. The van der Waals surface area contributed by atoms with Gasteiger partial charge in [0.2, 0.25) is 17.7 Å². The summed E-state index contributed by atoms with van der Waals surface area (Å²) in [7, 11) is 0. The van der Waals surface area contributed by atoms with Gasteiger partial charge in [-0.05, 0) is 306 Å². The van der Waals surface area contributed by atoms with Gasteiger partial charge in [-0.3, -0.25) is 0 Å². The van der Waals surface area contributed by atoms with Gasteiger partial charge in [0.1, 0.15) is 16.6 Å². The van der Waals surface area contributed by atoms with E-state index in [2.05, 4.69) is 378 Å². The fraction of sp³-hybridized carbons (Fsp3) is 0.0231. The molecule has 27 aromatic rings. The highest BCUT2D eigenvalue weighted by Crippen LogP contribution is 2.53. The second-order valence-electron chi connectivity index (χ2n) is 36.7. The molecule has 24 aromatic carbocycles. The number of oxazole rings is 3. The topological polar surface area (TPSA) is 78.1 Å². The van der Waals surface area contributed by atoms with Gasteiger partial charge in [0, 0.05) is 38.3 Å². The van der Waals surface area contributed by atoms with Crippen molar-refractivity contribution in [3.8, 4) is 135 Å². The van der Waals surface area contributed by atoms with Crippen LogP contribution in [0.25, 0.3) is 276 Å². The molecule has 0 unspecified atom stereocenters. The van der Waals surface area contributed by atoms with E-state index in [4.69, 9.17) is 28.2 Å². The first-order valence-electron chi connectivity index (χ1n) is 46.6. The van der Waals surface area contributed by atoms with E-state index in [1.54, 1.807) is 0 Å². The van der Waals surface area contributed by atoms with E-state index in [1.807, 2.05) is 91.0 Å². The summed E-state index contributed by atoms with van der Waals surface area (Å²) in [6, 6.07) is 163. The highest BCUT2D eigenvalue weighted by atomic mass is 16.4. The second kappa shape index (κ2) is 31.3. The van der Waals surface area contributed by atoms with Gasteiger partial charge in [0.05, 0.1) is 0 Å². The molecule has 0 bridgehead atoms. The Balaban J connectivity index is 0.000000103. The summed E-state index contributed by atoms with van der Waals surface area (Å²) in [6.45, 7) is 4.68. The lowest BCUT2D eigenvalue weighted by atomic mass is 9.81. The number of hydrogen-bond acceptors (Lipinski definition) is 6. The summed E-state index contributed by atoms with van der Waals surface area (Å²) in [6.07, 6.45) is 0. The lowest BCUT2D eigenvalue weighted by Crippen LogP contribution is -2.14. The summed E-state index contributed by atoms with van der Waals surface area (Å²) in [5.41, 5.74) is 33.3. The average Bonchev–Trinajstić information content (AvgIpc) is 1.51. The molecule has 3 heterocycles. The van der Waals surface area contributed by atoms with Crippen molar-refractivity contribution in [2.24, 2.45) is 0 Å². The van der Waals surface area contributed by atoms with Gasteiger partial charge in [-0.15, -0.1) is 0 Å². The van der Waals surface area contributed by atoms with Crippen LogP contribution in [0.2, 0.25) is 0 Å². The van der Waals surface area contributed by atoms with Crippen molar-refractivity contribution in [1.82, 2.24) is 15.0 Å². The maximum Gasteiger partial charge on any atom is 0.227 e. The van der Waals surface area contributed by atoms with E-state index in [0.717, 1.165) is 87.7 Å². The zero-order valence-electron chi connectivity index (χ0n) is 74.4. The van der Waals surface area contributed by atoms with E-state index in [9.17, 15) is 0 Å². The van der Waals surface area contributed by atoms with Crippen LogP contribution in [0.15, 0.2) is 468 Å². The largest absolute Gasteiger partial charge is 0.435 e. The SMILES string of the molecule is CC1(C)c2ccccc2-c2ccc(-c3cccc(-c4ccc5ccc6ccc7nc(-c8ccccc8)oc7c6c5c4)c3)cc21.c1ccc(-c2nc3ccc4ccc5ccc(-c6cccc(-c7ccc8c9c(cccc79)-c7ccccc7-8)c6)cc5c4c3o2)cc1.c1ccc(-c2nc3ccc4ccc5ccc(-c6cccc(-c7ccc8c9ccccc9c9ccccc9c8c7)c6)cc5c4c3o2)cc1. The summed E-state index contributed by atoms with van der Waals surface area (Å²) in [5, 5.41) is 24.2. The fourth-order valence-electron chi connectivity index (χ4n) is 21.9. The molecule has 0 aliphatic heterocycles. The Kier molecular flexibility index (Phi) is 18.0. The Morgan fingerprint density at radius 2 is 0.441 bits per heavy atom. The lowest BCUT2D eigenvalue weighted by molar-refractivity contribution is 0.623. The average molecular weight is 1730 g/mol. The third-order valence-corrected chi connectivity index (χ3v) is 28.6. The van der Waals surface area contributed by atoms with E-state index in [1.165, 1.54) is 181 Å². The molecule has 0 saturated carbocycles. The second-order valence-corrected chi connectivity index (χ2v) is 36.7. The number of hydrogen-bond donors (Lipinski definition) is 0. The molecular weight excluding hydrogens is 1650 g/mol. The van der Waals surface area contributed by atoms with Crippen molar-refractivity contribution in [2.75, 3.05) is 0 Å². The van der Waals surface area contributed by atoms with E-state index in [0.29, 0.717) is 17.7 Å². The third kappa shape index (κ3) is 12.9. The van der Waals surface area contributed by atoms with Crippen LogP contribution in [0.4, 0.5) is 0 Å². The molecule has 0 amide bonds. The minimum Gasteiger partial charge on any atom is -0.435 e. The van der Waals surface area contributed by atoms with Crippen molar-refractivity contribution in [3.05, 3.63) is 466 Å². The van der Waals surface area contributed by atoms with Crippen LogP contribution in [-0.4, -0.2) is 15.0 Å². The Labute approximate surface area is 783 Å². The fourth-order valence-corrected chi connectivity index (χ4v) is 21.9. The van der Waals surface area contributed by atoms with Crippen molar-refractivity contribution in [3.63, 3.8) is 0 Å². The van der Waals surface area contributed by atoms with E-state index in [-0.39, 0.29) is 5.41 Å². The molecule has 2 aliphatic carbocycles. The summed E-state index contributed by atoms with van der Waals surface area (Å²) in [4.78, 5) is 14.6. The number of rotatable bonds is 9. The lowest BCUT2D eigenvalue weighted by Gasteiger charge is -2.22. The Morgan fingerprint density at radius 3 is 0.897 bits per heavy atom. The van der Waals surface area contributed by atoms with Gasteiger partial charge in [0.25, 0.3) is 0 Å². The van der Waals surface area contributed by atoms with Crippen LogP contribution in [0.3, 0.4) is 0 Å². The third-order valence-electron chi connectivity index (χ3n) is 28.6. The molecule has 6 heteroatoms. The first kappa shape index (κ1) is 78.2. The minimum atomic E-state index is -0.0225. The van der Waals surface area contributed by atoms with Gasteiger partial charge >= 0.3 is 0 Å². The van der Waals surface area contributed by atoms with Gasteiger partial charge in [-0.1, -0.05) is 366 Å². The molecule has 0 radical (unpaired) electrons. The van der Waals surface area contributed by atoms with Gasteiger partial charge in [-0.25, -0.2) is 15.0 Å². The molecule has 2 aliphatic rings. The quantitative estimate of drug-likeness (QED) is 0.134. The molecule has 3 aromatic heterocycles. The molecule has 6 nitrogen and oxygen atoms in total.